The molecule has 0 fully saturated rings. The van der Waals surface area contributed by atoms with Crippen molar-refractivity contribution in [2.45, 2.75) is 32.9 Å². The van der Waals surface area contributed by atoms with Gasteiger partial charge in [0.2, 0.25) is 0 Å². The Labute approximate surface area is 89.9 Å². The number of hydrogen-bond acceptors (Lipinski definition) is 2. The second-order valence-electron chi connectivity index (χ2n) is 3.59. The number of nitrogens with one attached hydrogen (secondary N) is 1. The first-order valence-corrected chi connectivity index (χ1v) is 5.10. The van der Waals surface area contributed by atoms with Crippen molar-refractivity contribution in [3.8, 4) is 0 Å². The van der Waals surface area contributed by atoms with Crippen molar-refractivity contribution in [2.24, 2.45) is 0 Å². The van der Waals surface area contributed by atoms with Crippen LogP contribution in [0.2, 0.25) is 5.02 Å². The Morgan fingerprint density at radius 2 is 2.00 bits per heavy atom. The number of benzene rings is 1. The van der Waals surface area contributed by atoms with Crippen LogP contribution in [0, 0.1) is 6.92 Å². The third kappa shape index (κ3) is 2.63. The molecule has 14 heavy (non-hydrogen) atoms. The van der Waals surface area contributed by atoms with Crippen LogP contribution in [0.3, 0.4) is 0 Å². The van der Waals surface area contributed by atoms with Gasteiger partial charge in [-0.05, 0) is 38.5 Å². The summed E-state index contributed by atoms with van der Waals surface area (Å²) in [5.41, 5.74) is 1.99. The van der Waals surface area contributed by atoms with Crippen LogP contribution < -0.4 is 5.32 Å². The van der Waals surface area contributed by atoms with Gasteiger partial charge in [-0.15, -0.1) is 0 Å². The number of halogens is 1. The molecule has 0 bridgehead atoms. The van der Waals surface area contributed by atoms with E-state index >= 15 is 0 Å². The van der Waals surface area contributed by atoms with Gasteiger partial charge < -0.3 is 10.4 Å². The molecule has 2 nitrogen and oxygen atoms in total. The lowest BCUT2D eigenvalue weighted by Gasteiger charge is -2.19. The highest BCUT2D eigenvalue weighted by atomic mass is 35.5. The van der Waals surface area contributed by atoms with Crippen molar-refractivity contribution < 1.29 is 5.11 Å². The van der Waals surface area contributed by atoms with Crippen LogP contribution in [-0.2, 0) is 0 Å². The van der Waals surface area contributed by atoms with Gasteiger partial charge in [-0.1, -0.05) is 17.7 Å². The number of rotatable bonds is 3. The molecule has 0 aliphatic rings. The van der Waals surface area contributed by atoms with Crippen molar-refractivity contribution in [1.82, 2.24) is 0 Å². The minimum atomic E-state index is -0.381. The van der Waals surface area contributed by atoms with Crippen molar-refractivity contribution >= 4 is 17.3 Å². The summed E-state index contributed by atoms with van der Waals surface area (Å²) in [5, 5.41) is 13.3. The van der Waals surface area contributed by atoms with E-state index in [1.807, 2.05) is 32.0 Å². The van der Waals surface area contributed by atoms with E-state index in [9.17, 15) is 5.11 Å². The normalized spacial score (nSPS) is 14.9. The first kappa shape index (κ1) is 11.3. The van der Waals surface area contributed by atoms with Gasteiger partial charge in [-0.3, -0.25) is 0 Å². The van der Waals surface area contributed by atoms with Gasteiger partial charge in [0.05, 0.1) is 6.10 Å². The van der Waals surface area contributed by atoms with E-state index in [-0.39, 0.29) is 12.1 Å². The average Bonchev–Trinajstić information content (AvgIpc) is 2.12. The molecule has 0 saturated heterocycles. The van der Waals surface area contributed by atoms with Crippen LogP contribution in [0.4, 0.5) is 5.69 Å². The van der Waals surface area contributed by atoms with Crippen LogP contribution in [0.25, 0.3) is 0 Å². The molecule has 2 atom stereocenters. The molecule has 1 aromatic carbocycles. The van der Waals surface area contributed by atoms with Crippen LogP contribution in [0.5, 0.6) is 0 Å². The Kier molecular flexibility index (Phi) is 3.78. The summed E-state index contributed by atoms with van der Waals surface area (Å²) in [7, 11) is 0. The fraction of sp³-hybridized carbons (Fsp3) is 0.455. The van der Waals surface area contributed by atoms with Crippen molar-refractivity contribution in [1.29, 1.82) is 0 Å². The molecule has 78 valence electrons. The van der Waals surface area contributed by atoms with Crippen LogP contribution in [0.1, 0.15) is 19.4 Å². The average molecular weight is 214 g/mol. The maximum Gasteiger partial charge on any atom is 0.0710 e. The van der Waals surface area contributed by atoms with Gasteiger partial charge in [0, 0.05) is 16.8 Å². The fourth-order valence-corrected chi connectivity index (χ4v) is 1.30. The van der Waals surface area contributed by atoms with Crippen LogP contribution in [-0.4, -0.2) is 17.3 Å². The smallest absolute Gasteiger partial charge is 0.0710 e. The third-order valence-corrected chi connectivity index (χ3v) is 2.78. The largest absolute Gasteiger partial charge is 0.391 e. The van der Waals surface area contributed by atoms with Crippen LogP contribution in [0.15, 0.2) is 18.2 Å². The molecular formula is C11H16ClNO. The van der Waals surface area contributed by atoms with E-state index in [0.29, 0.717) is 0 Å². The molecule has 0 amide bonds. The highest BCUT2D eigenvalue weighted by molar-refractivity contribution is 6.31. The predicted octanol–water partition coefficient (Wildman–Crippen LogP) is 2.83. The molecule has 2 N–H and O–H groups in total. The SMILES string of the molecule is Cc1c(Cl)cccc1NC(C)C(C)O. The first-order valence-electron chi connectivity index (χ1n) is 4.72. The molecule has 0 aromatic heterocycles. The van der Waals surface area contributed by atoms with Gasteiger partial charge in [0.15, 0.2) is 0 Å². The summed E-state index contributed by atoms with van der Waals surface area (Å²) in [5.74, 6) is 0. The second-order valence-corrected chi connectivity index (χ2v) is 3.99. The maximum atomic E-state index is 9.35. The minimum Gasteiger partial charge on any atom is -0.391 e. The van der Waals surface area contributed by atoms with E-state index in [1.54, 1.807) is 6.92 Å². The van der Waals surface area contributed by atoms with Gasteiger partial charge >= 0.3 is 0 Å². The standard InChI is InChI=1S/C11H16ClNO/c1-7-10(12)5-4-6-11(7)13-8(2)9(3)14/h4-6,8-9,13-14H,1-3H3. The van der Waals surface area contributed by atoms with E-state index < -0.39 is 0 Å². The molecule has 2 unspecified atom stereocenters. The van der Waals surface area contributed by atoms with E-state index in [0.717, 1.165) is 16.3 Å². The van der Waals surface area contributed by atoms with Crippen LogP contribution >= 0.6 is 11.6 Å². The quantitative estimate of drug-likeness (QED) is 0.810. The van der Waals surface area contributed by atoms with Crippen molar-refractivity contribution in [3.05, 3.63) is 28.8 Å². The topological polar surface area (TPSA) is 32.3 Å². The lowest BCUT2D eigenvalue weighted by molar-refractivity contribution is 0.178. The zero-order valence-corrected chi connectivity index (χ0v) is 9.47. The minimum absolute atomic E-state index is 0.0205. The van der Waals surface area contributed by atoms with E-state index in [4.69, 9.17) is 11.6 Å². The molecule has 0 radical (unpaired) electrons. The Morgan fingerprint density at radius 3 is 2.57 bits per heavy atom. The molecule has 0 aliphatic carbocycles. The van der Waals surface area contributed by atoms with Crippen molar-refractivity contribution in [2.75, 3.05) is 5.32 Å². The first-order chi connectivity index (χ1) is 6.52. The fourth-order valence-electron chi connectivity index (χ4n) is 1.13. The summed E-state index contributed by atoms with van der Waals surface area (Å²) < 4.78 is 0. The van der Waals surface area contributed by atoms with E-state index in [1.165, 1.54) is 0 Å². The predicted molar refractivity (Wildman–Crippen MR) is 61.0 cm³/mol. The van der Waals surface area contributed by atoms with Crippen molar-refractivity contribution in [3.63, 3.8) is 0 Å². The lowest BCUT2D eigenvalue weighted by atomic mass is 10.1. The Morgan fingerprint density at radius 1 is 1.36 bits per heavy atom. The number of anilines is 1. The monoisotopic (exact) mass is 213 g/mol. The number of aliphatic hydroxyl groups is 1. The second kappa shape index (κ2) is 4.67. The summed E-state index contributed by atoms with van der Waals surface area (Å²) in [6.07, 6.45) is -0.381. The Bertz CT molecular complexity index is 312. The van der Waals surface area contributed by atoms with E-state index in [2.05, 4.69) is 5.32 Å². The zero-order valence-electron chi connectivity index (χ0n) is 8.71. The van der Waals surface area contributed by atoms with Gasteiger partial charge in [-0.2, -0.15) is 0 Å². The highest BCUT2D eigenvalue weighted by Crippen LogP contribution is 2.23. The van der Waals surface area contributed by atoms with Gasteiger partial charge in [0.1, 0.15) is 0 Å². The molecule has 0 heterocycles. The zero-order chi connectivity index (χ0) is 10.7. The molecule has 1 rings (SSSR count). The summed E-state index contributed by atoms with van der Waals surface area (Å²) in [6, 6.07) is 5.73. The summed E-state index contributed by atoms with van der Waals surface area (Å²) in [4.78, 5) is 0. The molecular weight excluding hydrogens is 198 g/mol. The number of aliphatic hydroxyl groups excluding tert-OH is 1. The molecule has 3 heteroatoms. The van der Waals surface area contributed by atoms with Gasteiger partial charge in [0.25, 0.3) is 0 Å². The highest BCUT2D eigenvalue weighted by Gasteiger charge is 2.10. The summed E-state index contributed by atoms with van der Waals surface area (Å²) >= 11 is 5.97. The third-order valence-electron chi connectivity index (χ3n) is 2.37. The molecule has 0 spiro atoms. The number of hydrogen-bond donors (Lipinski definition) is 2. The molecule has 0 saturated carbocycles. The van der Waals surface area contributed by atoms with Gasteiger partial charge in [-0.25, -0.2) is 0 Å². The Hall–Kier alpha value is -0.730. The Balaban J connectivity index is 2.82. The molecule has 0 aliphatic heterocycles. The lowest BCUT2D eigenvalue weighted by Crippen LogP contribution is -2.28. The summed E-state index contributed by atoms with van der Waals surface area (Å²) in [6.45, 7) is 5.65. The molecule has 1 aromatic rings. The maximum absolute atomic E-state index is 9.35.